The smallest absolute Gasteiger partial charge is 0.142 e. The van der Waals surface area contributed by atoms with Crippen molar-refractivity contribution in [1.29, 1.82) is 0 Å². The number of methoxy groups -OCH3 is 1. The van der Waals surface area contributed by atoms with Crippen LogP contribution in [0.3, 0.4) is 0 Å². The van der Waals surface area contributed by atoms with Crippen LogP contribution >= 0.6 is 0 Å². The summed E-state index contributed by atoms with van der Waals surface area (Å²) >= 11 is 0. The number of para-hydroxylation sites is 2. The van der Waals surface area contributed by atoms with E-state index in [-0.39, 0.29) is 0 Å². The minimum absolute atomic E-state index is 0.559. The van der Waals surface area contributed by atoms with E-state index in [1.165, 1.54) is 10.8 Å². The highest BCUT2D eigenvalue weighted by Crippen LogP contribution is 2.28. The van der Waals surface area contributed by atoms with E-state index in [9.17, 15) is 0 Å². The Morgan fingerprint density at radius 1 is 1.03 bits per heavy atom. The Morgan fingerprint density at radius 2 is 1.81 bits per heavy atom. The van der Waals surface area contributed by atoms with Gasteiger partial charge in [-0.25, -0.2) is 11.0 Å². The number of hydrazone groups is 1. The maximum atomic E-state index is 5.96. The highest BCUT2D eigenvalue weighted by molar-refractivity contribution is 5.78. The summed E-state index contributed by atoms with van der Waals surface area (Å²) < 4.78 is 11.5. The number of hydrogen-bond donors (Lipinski definition) is 1. The molecular formula is C25H37N5O2. The minimum Gasteiger partial charge on any atom is -0.495 e. The molecule has 1 aliphatic rings. The van der Waals surface area contributed by atoms with Crippen molar-refractivity contribution in [3.63, 3.8) is 0 Å². The zero-order chi connectivity index (χ0) is 22.8. The summed E-state index contributed by atoms with van der Waals surface area (Å²) in [6.07, 6.45) is 2.18. The maximum absolute atomic E-state index is 5.96. The Labute approximate surface area is 192 Å². The predicted molar refractivity (Wildman–Crippen MR) is 131 cm³/mol. The van der Waals surface area contributed by atoms with Gasteiger partial charge in [0.1, 0.15) is 11.5 Å². The number of ether oxygens (including phenoxy) is 2. The second kappa shape index (κ2) is 12.3. The van der Waals surface area contributed by atoms with Crippen LogP contribution in [-0.4, -0.2) is 62.2 Å². The van der Waals surface area contributed by atoms with E-state index in [0.717, 1.165) is 74.9 Å². The van der Waals surface area contributed by atoms with Crippen molar-refractivity contribution < 1.29 is 9.47 Å². The highest BCUT2D eigenvalue weighted by atomic mass is 16.5. The molecule has 32 heavy (non-hydrogen) atoms. The number of hydrazine groups is 1. The second-order valence-electron chi connectivity index (χ2n) is 8.35. The molecule has 1 saturated heterocycles. The molecule has 2 N–H and O–H groups in total. The van der Waals surface area contributed by atoms with Gasteiger partial charge in [0.05, 0.1) is 25.9 Å². The molecule has 1 heterocycles. The van der Waals surface area contributed by atoms with Gasteiger partial charge in [0.25, 0.3) is 0 Å². The lowest BCUT2D eigenvalue weighted by Crippen LogP contribution is -2.46. The fraction of sp³-hybridized carbons (Fsp3) is 0.480. The van der Waals surface area contributed by atoms with E-state index < -0.39 is 0 Å². The summed E-state index contributed by atoms with van der Waals surface area (Å²) in [6.45, 7) is 10.5. The van der Waals surface area contributed by atoms with E-state index in [2.05, 4.69) is 27.0 Å². The van der Waals surface area contributed by atoms with Gasteiger partial charge in [-0.3, -0.25) is 4.90 Å². The number of benzene rings is 2. The van der Waals surface area contributed by atoms with Crippen molar-refractivity contribution >= 4 is 11.4 Å². The highest BCUT2D eigenvalue weighted by Gasteiger charge is 2.19. The topological polar surface area (TPSA) is 66.6 Å². The Morgan fingerprint density at radius 3 is 2.56 bits per heavy atom. The SMILES string of the molecule is COc1ccccc1N1CCN(CCCCOc2cccc(CN(N)N=C(C)C)c2)CC1. The van der Waals surface area contributed by atoms with E-state index in [1.807, 2.05) is 50.2 Å². The molecule has 0 unspecified atom stereocenters. The van der Waals surface area contributed by atoms with E-state index in [4.69, 9.17) is 15.3 Å². The van der Waals surface area contributed by atoms with Crippen LogP contribution in [0.5, 0.6) is 11.5 Å². The quantitative estimate of drug-likeness (QED) is 0.249. The summed E-state index contributed by atoms with van der Waals surface area (Å²) in [5.74, 6) is 7.76. The third kappa shape index (κ3) is 7.43. The van der Waals surface area contributed by atoms with Crippen LogP contribution in [0.1, 0.15) is 32.3 Å². The van der Waals surface area contributed by atoms with Crippen LogP contribution in [-0.2, 0) is 6.54 Å². The first-order valence-electron chi connectivity index (χ1n) is 11.4. The number of nitrogens with two attached hydrogens (primary N) is 1. The van der Waals surface area contributed by atoms with Crippen molar-refractivity contribution in [2.45, 2.75) is 33.2 Å². The number of anilines is 1. The van der Waals surface area contributed by atoms with Gasteiger partial charge in [-0.05, 0) is 63.1 Å². The number of rotatable bonds is 11. The van der Waals surface area contributed by atoms with Crippen molar-refractivity contribution in [3.05, 3.63) is 54.1 Å². The summed E-state index contributed by atoms with van der Waals surface area (Å²) in [5, 5.41) is 5.70. The van der Waals surface area contributed by atoms with Gasteiger partial charge < -0.3 is 14.4 Å². The van der Waals surface area contributed by atoms with Crippen molar-refractivity contribution in [1.82, 2.24) is 10.0 Å². The van der Waals surface area contributed by atoms with Crippen LogP contribution in [0.2, 0.25) is 0 Å². The largest absolute Gasteiger partial charge is 0.495 e. The van der Waals surface area contributed by atoms with Crippen LogP contribution < -0.4 is 20.2 Å². The summed E-state index contributed by atoms with van der Waals surface area (Å²) in [6, 6.07) is 16.3. The summed E-state index contributed by atoms with van der Waals surface area (Å²) in [7, 11) is 1.74. The molecule has 2 aromatic carbocycles. The van der Waals surface area contributed by atoms with Gasteiger partial charge in [-0.1, -0.05) is 24.3 Å². The molecule has 0 atom stereocenters. The standard InChI is InChI=1S/C25H37N5O2/c1-21(2)27-30(26)20-22-9-8-10-23(19-22)32-18-7-6-13-28-14-16-29(17-15-28)24-11-4-5-12-25(24)31-3/h4-5,8-12,19H,6-7,13-18,20,26H2,1-3H3. The van der Waals surface area contributed by atoms with Crippen LogP contribution in [0.25, 0.3) is 0 Å². The maximum Gasteiger partial charge on any atom is 0.142 e. The number of piperazine rings is 1. The average Bonchev–Trinajstić information content (AvgIpc) is 2.79. The van der Waals surface area contributed by atoms with Gasteiger partial charge in [0, 0.05) is 31.9 Å². The fourth-order valence-electron chi connectivity index (χ4n) is 3.94. The number of nitrogens with zero attached hydrogens (tertiary/aromatic N) is 4. The molecule has 7 heteroatoms. The molecule has 2 aromatic rings. The molecule has 0 amide bonds. The molecule has 0 aliphatic carbocycles. The van der Waals surface area contributed by atoms with Crippen LogP contribution in [0.15, 0.2) is 53.6 Å². The number of unbranched alkanes of at least 4 members (excludes halogenated alkanes) is 1. The van der Waals surface area contributed by atoms with Crippen molar-refractivity contribution in [3.8, 4) is 11.5 Å². The van der Waals surface area contributed by atoms with Crippen LogP contribution in [0, 0.1) is 0 Å². The predicted octanol–water partition coefficient (Wildman–Crippen LogP) is 3.75. The second-order valence-corrected chi connectivity index (χ2v) is 8.35. The first kappa shape index (κ1) is 23.9. The Bertz CT molecular complexity index is 861. The van der Waals surface area contributed by atoms with Crippen molar-refractivity contribution in [2.75, 3.05) is 51.3 Å². The van der Waals surface area contributed by atoms with Crippen molar-refractivity contribution in [2.24, 2.45) is 10.9 Å². The minimum atomic E-state index is 0.559. The Kier molecular flexibility index (Phi) is 9.19. The molecule has 0 aromatic heterocycles. The first-order valence-corrected chi connectivity index (χ1v) is 11.4. The summed E-state index contributed by atoms with van der Waals surface area (Å²) in [4.78, 5) is 4.96. The molecule has 1 aliphatic heterocycles. The average molecular weight is 440 g/mol. The van der Waals surface area contributed by atoms with E-state index in [0.29, 0.717) is 6.54 Å². The van der Waals surface area contributed by atoms with E-state index >= 15 is 0 Å². The molecule has 0 bridgehead atoms. The first-order chi connectivity index (χ1) is 15.5. The molecule has 0 saturated carbocycles. The van der Waals surface area contributed by atoms with Gasteiger partial charge >= 0.3 is 0 Å². The lowest BCUT2D eigenvalue weighted by Gasteiger charge is -2.36. The van der Waals surface area contributed by atoms with Gasteiger partial charge in [0.15, 0.2) is 0 Å². The third-order valence-electron chi connectivity index (χ3n) is 5.51. The lowest BCUT2D eigenvalue weighted by molar-refractivity contribution is 0.238. The normalized spacial score (nSPS) is 14.2. The third-order valence-corrected chi connectivity index (χ3v) is 5.51. The summed E-state index contributed by atoms with van der Waals surface area (Å²) in [5.41, 5.74) is 3.21. The van der Waals surface area contributed by atoms with Gasteiger partial charge in [-0.2, -0.15) is 5.10 Å². The molecule has 1 fully saturated rings. The molecule has 0 spiro atoms. The lowest BCUT2D eigenvalue weighted by atomic mass is 10.2. The van der Waals surface area contributed by atoms with Crippen LogP contribution in [0.4, 0.5) is 5.69 Å². The molecule has 0 radical (unpaired) electrons. The molecule has 7 nitrogen and oxygen atoms in total. The monoisotopic (exact) mass is 439 g/mol. The molecule has 174 valence electrons. The Hall–Kier alpha value is -2.77. The van der Waals surface area contributed by atoms with Gasteiger partial charge in [0.2, 0.25) is 0 Å². The van der Waals surface area contributed by atoms with Gasteiger partial charge in [-0.15, -0.1) is 0 Å². The zero-order valence-electron chi connectivity index (χ0n) is 19.7. The zero-order valence-corrected chi connectivity index (χ0v) is 19.7. The molecule has 3 rings (SSSR count). The molecular weight excluding hydrogens is 402 g/mol. The number of hydrogen-bond acceptors (Lipinski definition) is 7. The van der Waals surface area contributed by atoms with E-state index in [1.54, 1.807) is 7.11 Å². The Balaban J connectivity index is 1.34. The fourth-order valence-corrected chi connectivity index (χ4v) is 3.94.